The van der Waals surface area contributed by atoms with Crippen molar-refractivity contribution in [2.45, 2.75) is 386 Å². The third kappa shape index (κ3) is 63.0. The van der Waals surface area contributed by atoms with Gasteiger partial charge in [-0.05, 0) is 89.9 Å². The highest BCUT2D eigenvalue weighted by atomic mass is 16.5. The second-order valence-electron chi connectivity index (χ2n) is 23.9. The van der Waals surface area contributed by atoms with Gasteiger partial charge in [-0.15, -0.1) is 0 Å². The maximum atomic E-state index is 12.5. The average molecular weight is 1090 g/mol. The van der Waals surface area contributed by atoms with E-state index in [9.17, 15) is 19.8 Å². The number of allylic oxidation sites excluding steroid dienone is 7. The van der Waals surface area contributed by atoms with Crippen molar-refractivity contribution in [2.75, 3.05) is 13.2 Å². The molecular formula is C72H135NO5. The van der Waals surface area contributed by atoms with Crippen molar-refractivity contribution < 1.29 is 24.5 Å². The van der Waals surface area contributed by atoms with Gasteiger partial charge in [0, 0.05) is 12.8 Å². The van der Waals surface area contributed by atoms with E-state index < -0.39 is 12.1 Å². The van der Waals surface area contributed by atoms with Crippen molar-refractivity contribution in [3.63, 3.8) is 0 Å². The Morgan fingerprint density at radius 3 is 0.987 bits per heavy atom. The Morgan fingerprint density at radius 1 is 0.359 bits per heavy atom. The lowest BCUT2D eigenvalue weighted by Gasteiger charge is -2.20. The van der Waals surface area contributed by atoms with E-state index >= 15 is 0 Å². The van der Waals surface area contributed by atoms with E-state index in [1.54, 1.807) is 6.08 Å². The van der Waals surface area contributed by atoms with E-state index in [1.165, 1.54) is 295 Å². The van der Waals surface area contributed by atoms with Crippen molar-refractivity contribution in [1.29, 1.82) is 0 Å². The Kier molecular flexibility index (Phi) is 65.4. The maximum absolute atomic E-state index is 12.5. The molecule has 0 aromatic carbocycles. The van der Waals surface area contributed by atoms with Gasteiger partial charge >= 0.3 is 5.97 Å². The first kappa shape index (κ1) is 75.8. The van der Waals surface area contributed by atoms with Crippen LogP contribution in [-0.4, -0.2) is 47.4 Å². The van der Waals surface area contributed by atoms with Crippen LogP contribution in [0.1, 0.15) is 373 Å². The van der Waals surface area contributed by atoms with Crippen LogP contribution < -0.4 is 5.32 Å². The molecule has 2 unspecified atom stereocenters. The quantitative estimate of drug-likeness (QED) is 0.0320. The monoisotopic (exact) mass is 1090 g/mol. The minimum Gasteiger partial charge on any atom is -0.466 e. The molecule has 0 aromatic heterocycles. The highest BCUT2D eigenvalue weighted by Gasteiger charge is 2.18. The van der Waals surface area contributed by atoms with Gasteiger partial charge in [-0.25, -0.2) is 0 Å². The second-order valence-corrected chi connectivity index (χ2v) is 23.9. The van der Waals surface area contributed by atoms with Gasteiger partial charge in [0.05, 0.1) is 25.4 Å². The number of nitrogens with one attached hydrogen (secondary N) is 1. The molecule has 6 nitrogen and oxygen atoms in total. The van der Waals surface area contributed by atoms with Gasteiger partial charge in [-0.3, -0.25) is 9.59 Å². The minimum absolute atomic E-state index is 0.00243. The summed E-state index contributed by atoms with van der Waals surface area (Å²) in [6.45, 7) is 4.92. The molecule has 0 fully saturated rings. The van der Waals surface area contributed by atoms with E-state index in [0.29, 0.717) is 19.4 Å². The Bertz CT molecular complexity index is 1310. The van der Waals surface area contributed by atoms with Gasteiger partial charge in [-0.1, -0.05) is 319 Å². The fraction of sp³-hybridized carbons (Fsp3) is 0.861. The first-order valence-corrected chi connectivity index (χ1v) is 34.9. The Hall–Kier alpha value is -2.18. The molecule has 2 atom stereocenters. The summed E-state index contributed by atoms with van der Waals surface area (Å²) < 4.78 is 5.48. The lowest BCUT2D eigenvalue weighted by Crippen LogP contribution is -2.45. The Balaban J connectivity index is 3.45. The largest absolute Gasteiger partial charge is 0.466 e. The molecule has 0 saturated carbocycles. The van der Waals surface area contributed by atoms with Crippen LogP contribution in [0.2, 0.25) is 0 Å². The van der Waals surface area contributed by atoms with Crippen molar-refractivity contribution in [2.24, 2.45) is 0 Å². The van der Waals surface area contributed by atoms with Gasteiger partial charge in [0.1, 0.15) is 0 Å². The zero-order valence-electron chi connectivity index (χ0n) is 52.4. The Morgan fingerprint density at radius 2 is 0.641 bits per heavy atom. The number of hydrogen-bond acceptors (Lipinski definition) is 5. The second kappa shape index (κ2) is 67.3. The van der Waals surface area contributed by atoms with Crippen molar-refractivity contribution in [1.82, 2.24) is 5.32 Å². The van der Waals surface area contributed by atoms with Crippen LogP contribution in [0.25, 0.3) is 0 Å². The van der Waals surface area contributed by atoms with Crippen LogP contribution in [0, 0.1) is 0 Å². The lowest BCUT2D eigenvalue weighted by molar-refractivity contribution is -0.143. The molecule has 0 aromatic rings. The van der Waals surface area contributed by atoms with E-state index in [2.05, 4.69) is 55.6 Å². The summed E-state index contributed by atoms with van der Waals surface area (Å²) in [5, 5.41) is 23.2. The Labute approximate surface area is 486 Å². The third-order valence-electron chi connectivity index (χ3n) is 16.1. The highest BCUT2D eigenvalue weighted by Crippen LogP contribution is 2.18. The first-order chi connectivity index (χ1) is 38.5. The molecule has 0 rings (SSSR count). The molecule has 0 bridgehead atoms. The number of esters is 1. The SMILES string of the molecule is CCCCCCCC/C=C\CCCCCCCC(=O)OCCCCCCCCCCC/C=C\C/C=C\CCCCCCCCCCCCCC(=O)NC(CO)C(O)/C=C/CCCCCCCCCCCCCCCCCCC. The smallest absolute Gasteiger partial charge is 0.305 e. The molecule has 3 N–H and O–H groups in total. The molecule has 0 radical (unpaired) electrons. The van der Waals surface area contributed by atoms with Crippen LogP contribution in [0.4, 0.5) is 0 Å². The van der Waals surface area contributed by atoms with Crippen LogP contribution in [0.15, 0.2) is 48.6 Å². The summed E-state index contributed by atoms with van der Waals surface area (Å²) in [6, 6.07) is -0.632. The summed E-state index contributed by atoms with van der Waals surface area (Å²) in [5.41, 5.74) is 0. The van der Waals surface area contributed by atoms with Crippen LogP contribution in [0.3, 0.4) is 0 Å². The number of aliphatic hydroxyl groups is 2. The summed E-state index contributed by atoms with van der Waals surface area (Å²) >= 11 is 0. The predicted molar refractivity (Wildman–Crippen MR) is 342 cm³/mol. The molecule has 78 heavy (non-hydrogen) atoms. The molecule has 0 heterocycles. The highest BCUT2D eigenvalue weighted by molar-refractivity contribution is 5.76. The molecule has 0 saturated heterocycles. The number of ether oxygens (including phenoxy) is 1. The molecule has 0 aliphatic heterocycles. The maximum Gasteiger partial charge on any atom is 0.305 e. The number of carbonyl (C=O) groups excluding carboxylic acids is 2. The topological polar surface area (TPSA) is 95.9 Å². The van der Waals surface area contributed by atoms with Gasteiger partial charge in [0.15, 0.2) is 0 Å². The number of rotatable bonds is 65. The number of unbranched alkanes of at least 4 members (excludes halogenated alkanes) is 48. The molecule has 6 heteroatoms. The summed E-state index contributed by atoms with van der Waals surface area (Å²) in [7, 11) is 0. The molecular weight excluding hydrogens is 959 g/mol. The van der Waals surface area contributed by atoms with E-state index in [1.807, 2.05) is 6.08 Å². The van der Waals surface area contributed by atoms with Crippen LogP contribution >= 0.6 is 0 Å². The van der Waals surface area contributed by atoms with Gasteiger partial charge in [0.2, 0.25) is 5.91 Å². The summed E-state index contributed by atoms with van der Waals surface area (Å²) in [4.78, 5) is 24.6. The first-order valence-electron chi connectivity index (χ1n) is 34.9. The third-order valence-corrected chi connectivity index (χ3v) is 16.1. The molecule has 1 amide bonds. The minimum atomic E-state index is -0.848. The standard InChI is InChI=1S/C72H135NO5/c1-3-5-7-9-11-13-15-17-19-20-30-33-37-40-44-48-52-56-60-64-70(75)69(68-74)73-71(76)65-61-57-53-49-45-41-38-34-31-28-26-24-22-21-23-25-27-29-32-35-39-43-47-51-55-59-63-67-78-72(77)66-62-58-54-50-46-42-36-18-16-14-12-10-8-6-4-2/h18,21-22,25,27,36,60,64,69-70,74-75H,3-17,19-20,23-24,26,28-35,37-59,61-63,65-68H2,1-2H3,(H,73,76)/b22-21-,27-25-,36-18-,64-60+. The van der Waals surface area contributed by atoms with E-state index in [-0.39, 0.29) is 18.5 Å². The van der Waals surface area contributed by atoms with E-state index in [4.69, 9.17) is 4.74 Å². The average Bonchev–Trinajstić information content (AvgIpc) is 3.44. The van der Waals surface area contributed by atoms with E-state index in [0.717, 1.165) is 51.4 Å². The normalized spacial score (nSPS) is 12.8. The zero-order valence-corrected chi connectivity index (χ0v) is 52.4. The number of amides is 1. The molecule has 0 spiro atoms. The van der Waals surface area contributed by atoms with Crippen molar-refractivity contribution in [3.05, 3.63) is 48.6 Å². The summed E-state index contributed by atoms with van der Waals surface area (Å²) in [6.07, 6.45) is 87.5. The molecule has 458 valence electrons. The number of aliphatic hydroxyl groups excluding tert-OH is 2. The fourth-order valence-corrected chi connectivity index (χ4v) is 10.7. The van der Waals surface area contributed by atoms with Crippen LogP contribution in [0.5, 0.6) is 0 Å². The lowest BCUT2D eigenvalue weighted by atomic mass is 10.0. The van der Waals surface area contributed by atoms with Gasteiger partial charge in [0.25, 0.3) is 0 Å². The van der Waals surface area contributed by atoms with Crippen molar-refractivity contribution >= 4 is 11.9 Å². The van der Waals surface area contributed by atoms with Gasteiger partial charge in [-0.2, -0.15) is 0 Å². The van der Waals surface area contributed by atoms with Gasteiger partial charge < -0.3 is 20.3 Å². The predicted octanol–water partition coefficient (Wildman–Crippen LogP) is 22.5. The number of carbonyl (C=O) groups is 2. The number of hydrogen-bond donors (Lipinski definition) is 3. The zero-order chi connectivity index (χ0) is 56.4. The molecule has 0 aliphatic carbocycles. The van der Waals surface area contributed by atoms with Crippen LogP contribution in [-0.2, 0) is 14.3 Å². The molecule has 0 aliphatic rings. The summed E-state index contributed by atoms with van der Waals surface area (Å²) in [5.74, 6) is -0.0662. The van der Waals surface area contributed by atoms with Crippen molar-refractivity contribution in [3.8, 4) is 0 Å². The fourth-order valence-electron chi connectivity index (χ4n) is 10.7.